The summed E-state index contributed by atoms with van der Waals surface area (Å²) >= 11 is 8.88. The number of carbonyl (C=O) groups is 1. The first-order valence-corrected chi connectivity index (χ1v) is 4.40. The van der Waals surface area contributed by atoms with Crippen LogP contribution in [0.3, 0.4) is 0 Å². The second-order valence-electron chi connectivity index (χ2n) is 2.24. The molecule has 0 aliphatic rings. The van der Waals surface area contributed by atoms with Crippen LogP contribution >= 0.6 is 27.5 Å². The Morgan fingerprint density at radius 1 is 1.50 bits per heavy atom. The largest absolute Gasteiger partial charge is 0.388 e. The van der Waals surface area contributed by atoms with Crippen molar-refractivity contribution in [2.45, 2.75) is 0 Å². The fraction of sp³-hybridized carbons (Fsp3) is 0.125. The number of ketones is 1. The van der Waals surface area contributed by atoms with E-state index in [9.17, 15) is 4.79 Å². The van der Waals surface area contributed by atoms with Gasteiger partial charge in [0.1, 0.15) is 6.61 Å². The molecule has 1 N–H and O–H groups in total. The van der Waals surface area contributed by atoms with Crippen molar-refractivity contribution in [3.63, 3.8) is 0 Å². The van der Waals surface area contributed by atoms with Gasteiger partial charge in [-0.3, -0.25) is 4.79 Å². The fourth-order valence-corrected chi connectivity index (χ4v) is 1.67. The maximum Gasteiger partial charge on any atom is 0.188 e. The highest BCUT2D eigenvalue weighted by molar-refractivity contribution is 9.10. The van der Waals surface area contributed by atoms with Crippen LogP contribution in [0.15, 0.2) is 22.7 Å². The Hall–Kier alpha value is -0.380. The number of carbonyl (C=O) groups excluding carboxylic acids is 1. The van der Waals surface area contributed by atoms with Gasteiger partial charge in [0.25, 0.3) is 0 Å². The normalized spacial score (nSPS) is 9.92. The number of hydrogen-bond donors (Lipinski definition) is 1. The molecule has 0 saturated carbocycles. The first kappa shape index (κ1) is 9.71. The molecule has 0 saturated heterocycles. The molecule has 0 aliphatic carbocycles. The molecule has 0 fully saturated rings. The van der Waals surface area contributed by atoms with Gasteiger partial charge < -0.3 is 5.11 Å². The zero-order valence-electron chi connectivity index (χ0n) is 6.05. The Morgan fingerprint density at radius 3 is 2.67 bits per heavy atom. The second kappa shape index (κ2) is 4.03. The molecule has 0 atom stereocenters. The molecule has 0 radical (unpaired) electrons. The minimum absolute atomic E-state index is 0.335. The lowest BCUT2D eigenvalue weighted by Crippen LogP contribution is -2.03. The maximum atomic E-state index is 11.0. The quantitative estimate of drug-likeness (QED) is 0.817. The summed E-state index contributed by atoms with van der Waals surface area (Å²) in [5.74, 6) is -0.335. The van der Waals surface area contributed by atoms with E-state index >= 15 is 0 Å². The molecule has 0 heterocycles. The third-order valence-corrected chi connectivity index (χ3v) is 2.00. The molecule has 1 aromatic rings. The summed E-state index contributed by atoms with van der Waals surface area (Å²) in [5, 5.41) is 9.04. The molecule has 64 valence electrons. The third kappa shape index (κ3) is 2.30. The molecule has 12 heavy (non-hydrogen) atoms. The molecule has 0 aromatic heterocycles. The topological polar surface area (TPSA) is 37.3 Å². The first-order valence-electron chi connectivity index (χ1n) is 3.23. The monoisotopic (exact) mass is 248 g/mol. The van der Waals surface area contributed by atoms with Gasteiger partial charge in [-0.25, -0.2) is 0 Å². The minimum atomic E-state index is -0.493. The van der Waals surface area contributed by atoms with Crippen molar-refractivity contribution < 1.29 is 9.90 Å². The van der Waals surface area contributed by atoms with Crippen LogP contribution in [0.4, 0.5) is 0 Å². The van der Waals surface area contributed by atoms with Crippen LogP contribution in [0.25, 0.3) is 0 Å². The summed E-state index contributed by atoms with van der Waals surface area (Å²) in [6.07, 6.45) is 0. The predicted molar refractivity (Wildman–Crippen MR) is 50.6 cm³/mol. The lowest BCUT2D eigenvalue weighted by atomic mass is 10.1. The summed E-state index contributed by atoms with van der Waals surface area (Å²) in [6, 6.07) is 4.81. The van der Waals surface area contributed by atoms with Crippen molar-refractivity contribution in [1.29, 1.82) is 0 Å². The van der Waals surface area contributed by atoms with Crippen molar-refractivity contribution in [1.82, 2.24) is 0 Å². The van der Waals surface area contributed by atoms with Crippen LogP contribution in [0, 0.1) is 0 Å². The number of aliphatic hydroxyl groups is 1. The van der Waals surface area contributed by atoms with Crippen LogP contribution in [0.1, 0.15) is 10.4 Å². The average Bonchev–Trinajstić information content (AvgIpc) is 2.01. The molecular weight excluding hydrogens is 243 g/mol. The molecule has 2 nitrogen and oxygen atoms in total. The van der Waals surface area contributed by atoms with Gasteiger partial charge in [-0.2, -0.15) is 0 Å². The summed E-state index contributed by atoms with van der Waals surface area (Å²) in [5.41, 5.74) is 0.414. The Kier molecular flexibility index (Phi) is 3.26. The zero-order chi connectivity index (χ0) is 9.14. The summed E-state index contributed by atoms with van der Waals surface area (Å²) in [4.78, 5) is 11.0. The van der Waals surface area contributed by atoms with Gasteiger partial charge >= 0.3 is 0 Å². The first-order chi connectivity index (χ1) is 5.63. The smallest absolute Gasteiger partial charge is 0.188 e. The number of rotatable bonds is 2. The van der Waals surface area contributed by atoms with Crippen LogP contribution in [0.2, 0.25) is 5.02 Å². The third-order valence-electron chi connectivity index (χ3n) is 1.33. The molecule has 0 amide bonds. The van der Waals surface area contributed by atoms with Gasteiger partial charge in [0.05, 0.1) is 0 Å². The van der Waals surface area contributed by atoms with Crippen LogP contribution < -0.4 is 0 Å². The van der Waals surface area contributed by atoms with Crippen LogP contribution in [-0.4, -0.2) is 17.5 Å². The van der Waals surface area contributed by atoms with Gasteiger partial charge in [0.2, 0.25) is 0 Å². The molecule has 0 bridgehead atoms. The molecule has 1 aromatic carbocycles. The van der Waals surface area contributed by atoms with E-state index in [2.05, 4.69) is 15.9 Å². The van der Waals surface area contributed by atoms with Gasteiger partial charge in [0.15, 0.2) is 5.78 Å². The van der Waals surface area contributed by atoms with Crippen molar-refractivity contribution in [2.24, 2.45) is 0 Å². The van der Waals surface area contributed by atoms with Crippen LogP contribution in [-0.2, 0) is 0 Å². The Labute approximate surface area is 83.3 Å². The Morgan fingerprint density at radius 2 is 2.17 bits per heavy atom. The molecule has 1 rings (SSSR count). The van der Waals surface area contributed by atoms with Crippen molar-refractivity contribution in [3.8, 4) is 0 Å². The number of aliphatic hydroxyl groups excluding tert-OH is 1. The summed E-state index contributed by atoms with van der Waals surface area (Å²) < 4.78 is 0.729. The lowest BCUT2D eigenvalue weighted by Gasteiger charge is -1.99. The molecule has 0 unspecified atom stereocenters. The fourth-order valence-electron chi connectivity index (χ4n) is 0.806. The Balaban J connectivity index is 3.08. The highest BCUT2D eigenvalue weighted by Gasteiger charge is 2.05. The van der Waals surface area contributed by atoms with Crippen LogP contribution in [0.5, 0.6) is 0 Å². The van der Waals surface area contributed by atoms with E-state index in [4.69, 9.17) is 16.7 Å². The molecule has 4 heteroatoms. The molecular formula is C8H6BrClO2. The van der Waals surface area contributed by atoms with E-state index in [1.54, 1.807) is 12.1 Å². The Bertz CT molecular complexity index is 292. The number of hydrogen-bond acceptors (Lipinski definition) is 2. The van der Waals surface area contributed by atoms with Gasteiger partial charge in [-0.15, -0.1) is 0 Å². The highest BCUT2D eigenvalue weighted by Crippen LogP contribution is 2.19. The summed E-state index contributed by atoms with van der Waals surface area (Å²) in [7, 11) is 0. The van der Waals surface area contributed by atoms with E-state index in [0.717, 1.165) is 4.47 Å². The van der Waals surface area contributed by atoms with Crippen molar-refractivity contribution >= 4 is 33.3 Å². The van der Waals surface area contributed by atoms with Crippen molar-refractivity contribution in [2.75, 3.05) is 6.61 Å². The number of Topliss-reactive ketones (excluding diaryl/α,β-unsaturated/α-hetero) is 1. The zero-order valence-corrected chi connectivity index (χ0v) is 8.39. The maximum absolute atomic E-state index is 11.0. The van der Waals surface area contributed by atoms with Gasteiger partial charge in [-0.05, 0) is 18.2 Å². The standard InChI is InChI=1S/C8H6BrClO2/c9-6-1-5(8(12)4-11)2-7(10)3-6/h1-3,11H,4H2. The van der Waals surface area contributed by atoms with Gasteiger partial charge in [0, 0.05) is 15.1 Å². The number of halogens is 2. The second-order valence-corrected chi connectivity index (χ2v) is 3.59. The number of benzene rings is 1. The minimum Gasteiger partial charge on any atom is -0.388 e. The molecule has 0 spiro atoms. The highest BCUT2D eigenvalue weighted by atomic mass is 79.9. The average molecular weight is 249 g/mol. The lowest BCUT2D eigenvalue weighted by molar-refractivity contribution is 0.0903. The van der Waals surface area contributed by atoms with E-state index in [1.807, 2.05) is 0 Å². The van der Waals surface area contributed by atoms with E-state index in [0.29, 0.717) is 10.6 Å². The van der Waals surface area contributed by atoms with E-state index in [-0.39, 0.29) is 5.78 Å². The van der Waals surface area contributed by atoms with E-state index in [1.165, 1.54) is 6.07 Å². The SMILES string of the molecule is O=C(CO)c1cc(Cl)cc(Br)c1. The van der Waals surface area contributed by atoms with Crippen molar-refractivity contribution in [3.05, 3.63) is 33.3 Å². The van der Waals surface area contributed by atoms with E-state index < -0.39 is 6.61 Å². The molecule has 0 aliphatic heterocycles. The summed E-state index contributed by atoms with van der Waals surface area (Å²) in [6.45, 7) is -0.493. The predicted octanol–water partition coefficient (Wildman–Crippen LogP) is 2.28. The van der Waals surface area contributed by atoms with Gasteiger partial charge in [-0.1, -0.05) is 27.5 Å².